The monoisotopic (exact) mass is 554 g/mol. The molecule has 1 saturated carbocycles. The van der Waals surface area contributed by atoms with E-state index in [1.165, 1.54) is 4.90 Å². The molecule has 3 aliphatic rings. The molecule has 0 radical (unpaired) electrons. The Bertz CT molecular complexity index is 1430. The minimum Gasteiger partial charge on any atom is -0.481 e. The van der Waals surface area contributed by atoms with Crippen molar-refractivity contribution in [3.63, 3.8) is 0 Å². The van der Waals surface area contributed by atoms with Crippen LogP contribution in [0, 0.1) is 17.8 Å². The quantitative estimate of drug-likeness (QED) is 0.386. The van der Waals surface area contributed by atoms with Crippen LogP contribution < -0.4 is 5.32 Å². The molecule has 1 aliphatic heterocycles. The maximum absolute atomic E-state index is 13.4. The number of hydrogen-bond acceptors (Lipinski definition) is 6. The molecule has 1 saturated heterocycles. The number of rotatable bonds is 9. The molecular formula is C32H30N2O7. The lowest BCUT2D eigenvalue weighted by Gasteiger charge is -2.25. The van der Waals surface area contributed by atoms with Gasteiger partial charge in [0.2, 0.25) is 5.91 Å². The molecule has 2 aliphatic carbocycles. The van der Waals surface area contributed by atoms with E-state index in [4.69, 9.17) is 9.47 Å². The fraction of sp³-hybridized carbons (Fsp3) is 0.312. The zero-order valence-corrected chi connectivity index (χ0v) is 22.3. The SMILES string of the molecule is O=C(C[C@H](NC(=O)OCC1c2ccccc2-c2ccccc21)C(=O)N1CC2C(C1)C2C(=O)O)OCc1ccccc1. The summed E-state index contributed by atoms with van der Waals surface area (Å²) < 4.78 is 11.0. The van der Waals surface area contributed by atoms with Crippen molar-refractivity contribution >= 4 is 23.9 Å². The summed E-state index contributed by atoms with van der Waals surface area (Å²) in [5.41, 5.74) is 5.11. The third kappa shape index (κ3) is 5.39. The van der Waals surface area contributed by atoms with Crippen molar-refractivity contribution in [2.45, 2.75) is 25.0 Å². The molecule has 9 heteroatoms. The van der Waals surface area contributed by atoms with Crippen LogP contribution in [-0.2, 0) is 30.5 Å². The molecular weight excluding hydrogens is 524 g/mol. The molecule has 0 spiro atoms. The van der Waals surface area contributed by atoms with Gasteiger partial charge >= 0.3 is 18.0 Å². The number of benzene rings is 3. The highest BCUT2D eigenvalue weighted by Crippen LogP contribution is 2.52. The van der Waals surface area contributed by atoms with E-state index in [9.17, 15) is 24.3 Å². The van der Waals surface area contributed by atoms with E-state index < -0.39 is 35.9 Å². The molecule has 2 fully saturated rings. The zero-order chi connectivity index (χ0) is 28.5. The summed E-state index contributed by atoms with van der Waals surface area (Å²) in [6.07, 6.45) is -1.18. The smallest absolute Gasteiger partial charge is 0.407 e. The molecule has 3 aromatic carbocycles. The van der Waals surface area contributed by atoms with Gasteiger partial charge in [-0.05, 0) is 39.7 Å². The second-order valence-corrected chi connectivity index (χ2v) is 10.8. The highest BCUT2D eigenvalue weighted by atomic mass is 16.5. The van der Waals surface area contributed by atoms with Crippen LogP contribution in [0.4, 0.5) is 4.79 Å². The summed E-state index contributed by atoms with van der Waals surface area (Å²) in [4.78, 5) is 52.0. The summed E-state index contributed by atoms with van der Waals surface area (Å²) in [6, 6.07) is 23.9. The van der Waals surface area contributed by atoms with Crippen molar-refractivity contribution in [3.05, 3.63) is 95.6 Å². The number of carbonyl (C=O) groups is 4. The van der Waals surface area contributed by atoms with Crippen molar-refractivity contribution < 1.29 is 33.8 Å². The minimum absolute atomic E-state index is 0.0414. The van der Waals surface area contributed by atoms with Gasteiger partial charge in [0.25, 0.3) is 0 Å². The van der Waals surface area contributed by atoms with Crippen LogP contribution in [0.2, 0.25) is 0 Å². The van der Waals surface area contributed by atoms with Crippen molar-refractivity contribution in [2.75, 3.05) is 19.7 Å². The summed E-state index contributed by atoms with van der Waals surface area (Å²) in [7, 11) is 0. The van der Waals surface area contributed by atoms with Gasteiger partial charge in [0, 0.05) is 19.0 Å². The largest absolute Gasteiger partial charge is 0.481 e. The van der Waals surface area contributed by atoms with Crippen LogP contribution in [0.1, 0.15) is 29.0 Å². The van der Waals surface area contributed by atoms with Crippen LogP contribution in [0.25, 0.3) is 11.1 Å². The summed E-state index contributed by atoms with van der Waals surface area (Å²) in [5.74, 6) is -2.75. The Kier molecular flexibility index (Phi) is 7.17. The molecule has 41 heavy (non-hydrogen) atoms. The number of nitrogens with one attached hydrogen (secondary N) is 1. The van der Waals surface area contributed by atoms with Gasteiger partial charge < -0.3 is 24.8 Å². The first-order chi connectivity index (χ1) is 19.9. The third-order valence-corrected chi connectivity index (χ3v) is 8.34. The molecule has 2 amide bonds. The van der Waals surface area contributed by atoms with Crippen LogP contribution in [-0.4, -0.2) is 59.7 Å². The van der Waals surface area contributed by atoms with Gasteiger partial charge in [0.05, 0.1) is 12.3 Å². The Labute approximate surface area is 237 Å². The highest BCUT2D eigenvalue weighted by Gasteiger charge is 2.61. The van der Waals surface area contributed by atoms with Crippen molar-refractivity contribution in [3.8, 4) is 11.1 Å². The lowest BCUT2D eigenvalue weighted by molar-refractivity contribution is -0.148. The topological polar surface area (TPSA) is 122 Å². The van der Waals surface area contributed by atoms with E-state index in [-0.39, 0.29) is 50.5 Å². The van der Waals surface area contributed by atoms with E-state index >= 15 is 0 Å². The number of ether oxygens (including phenoxy) is 2. The molecule has 1 heterocycles. The van der Waals surface area contributed by atoms with Gasteiger partial charge in [0.1, 0.15) is 19.3 Å². The van der Waals surface area contributed by atoms with Gasteiger partial charge in [-0.25, -0.2) is 4.79 Å². The van der Waals surface area contributed by atoms with Crippen LogP contribution >= 0.6 is 0 Å². The number of carbonyl (C=O) groups excluding carboxylic acids is 3. The van der Waals surface area contributed by atoms with Crippen molar-refractivity contribution in [2.24, 2.45) is 17.8 Å². The van der Waals surface area contributed by atoms with Crippen molar-refractivity contribution in [1.29, 1.82) is 0 Å². The number of fused-ring (bicyclic) bond motifs is 4. The Hall–Kier alpha value is -4.66. The molecule has 0 bridgehead atoms. The average molecular weight is 555 g/mol. The molecule has 6 rings (SSSR count). The van der Waals surface area contributed by atoms with Gasteiger partial charge in [-0.3, -0.25) is 14.4 Å². The predicted molar refractivity (Wildman–Crippen MR) is 148 cm³/mol. The number of likely N-dealkylation sites (tertiary alicyclic amines) is 1. The minimum atomic E-state index is -1.20. The van der Waals surface area contributed by atoms with Crippen molar-refractivity contribution in [1.82, 2.24) is 10.2 Å². The van der Waals surface area contributed by atoms with Gasteiger partial charge in [-0.1, -0.05) is 78.9 Å². The number of carboxylic acids is 1. The van der Waals surface area contributed by atoms with Gasteiger partial charge in [-0.15, -0.1) is 0 Å². The first-order valence-electron chi connectivity index (χ1n) is 13.7. The van der Waals surface area contributed by atoms with Crippen LogP contribution in [0.15, 0.2) is 78.9 Å². The lowest BCUT2D eigenvalue weighted by atomic mass is 9.98. The standard InChI is InChI=1S/C32H30N2O7/c35-28(40-17-19-8-2-1-3-9-19)14-27(30(36)34-15-24-25(16-34)29(24)31(37)38)33-32(39)41-18-26-22-12-6-4-10-20(22)21-11-5-7-13-23(21)26/h1-13,24-27,29H,14-18H2,(H,33,39)(H,37,38)/t24?,25?,27-,29?/m0/s1. The zero-order valence-electron chi connectivity index (χ0n) is 22.3. The molecule has 9 nitrogen and oxygen atoms in total. The van der Waals surface area contributed by atoms with Gasteiger partial charge in [-0.2, -0.15) is 0 Å². The molecule has 2 unspecified atom stereocenters. The number of nitrogens with zero attached hydrogens (tertiary/aromatic N) is 1. The maximum atomic E-state index is 13.4. The molecule has 0 aromatic heterocycles. The highest BCUT2D eigenvalue weighted by molar-refractivity contribution is 5.90. The third-order valence-electron chi connectivity index (χ3n) is 8.34. The maximum Gasteiger partial charge on any atom is 0.407 e. The Morgan fingerprint density at radius 1 is 0.829 bits per heavy atom. The average Bonchev–Trinajstić information content (AvgIpc) is 3.33. The first-order valence-corrected chi connectivity index (χ1v) is 13.7. The molecule has 210 valence electrons. The number of hydrogen-bond donors (Lipinski definition) is 2. The Morgan fingerprint density at radius 2 is 1.41 bits per heavy atom. The van der Waals surface area contributed by atoms with E-state index in [2.05, 4.69) is 5.32 Å². The summed E-state index contributed by atoms with van der Waals surface area (Å²) >= 11 is 0. The Morgan fingerprint density at radius 3 is 2.02 bits per heavy atom. The number of alkyl carbamates (subject to hydrolysis) is 1. The molecule has 3 atom stereocenters. The second-order valence-electron chi connectivity index (χ2n) is 10.8. The van der Waals surface area contributed by atoms with E-state index in [1.807, 2.05) is 78.9 Å². The fourth-order valence-electron chi connectivity index (χ4n) is 6.24. The molecule has 2 N–H and O–H groups in total. The van der Waals surface area contributed by atoms with Crippen LogP contribution in [0.5, 0.6) is 0 Å². The number of aliphatic carboxylic acids is 1. The van der Waals surface area contributed by atoms with E-state index in [0.29, 0.717) is 0 Å². The number of piperidine rings is 1. The number of esters is 1. The normalized spacial score (nSPS) is 20.8. The summed E-state index contributed by atoms with van der Waals surface area (Å²) in [5, 5.41) is 11.9. The second kappa shape index (κ2) is 11.1. The van der Waals surface area contributed by atoms with E-state index in [1.54, 1.807) is 0 Å². The van der Waals surface area contributed by atoms with E-state index in [0.717, 1.165) is 27.8 Å². The molecule has 3 aromatic rings. The fourth-order valence-corrected chi connectivity index (χ4v) is 6.24. The Balaban J connectivity index is 1.11. The first kappa shape index (κ1) is 26.6. The van der Waals surface area contributed by atoms with Gasteiger partial charge in [0.15, 0.2) is 0 Å². The lowest BCUT2D eigenvalue weighted by Crippen LogP contribution is -2.50. The number of carboxylic acid groups (broad SMARTS) is 1. The summed E-state index contributed by atoms with van der Waals surface area (Å²) in [6.45, 7) is 0.665. The van der Waals surface area contributed by atoms with Crippen LogP contribution in [0.3, 0.4) is 0 Å². The number of amides is 2. The predicted octanol–water partition coefficient (Wildman–Crippen LogP) is 3.82.